The van der Waals surface area contributed by atoms with Gasteiger partial charge in [-0.3, -0.25) is 4.79 Å². The van der Waals surface area contributed by atoms with Crippen LogP contribution in [0.15, 0.2) is 30.3 Å². The Kier molecular flexibility index (Phi) is 4.34. The van der Waals surface area contributed by atoms with E-state index in [-0.39, 0.29) is 18.4 Å². The van der Waals surface area contributed by atoms with Crippen LogP contribution in [-0.4, -0.2) is 41.6 Å². The minimum atomic E-state index is -0.787. The highest BCUT2D eigenvalue weighted by atomic mass is 35.5. The largest absolute Gasteiger partial charge is 0.449 e. The van der Waals surface area contributed by atoms with Crippen LogP contribution in [0, 0.1) is 5.92 Å². The van der Waals surface area contributed by atoms with Gasteiger partial charge in [-0.1, -0.05) is 17.7 Å². The number of halogens is 1. The standard InChI is InChI=1S/C16H16ClN3O3/c17-12-2-4-13-11(7-12)1-3-14(19-13)15(21)20-6-5-10(8-20)9-23-16(18)22/h1-4,7,10H,5-6,8-9H2,(H2,18,22). The summed E-state index contributed by atoms with van der Waals surface area (Å²) in [6.07, 6.45) is -0.00741. The number of hydrogen-bond acceptors (Lipinski definition) is 4. The molecule has 1 aromatic heterocycles. The van der Waals surface area contributed by atoms with Crippen LogP contribution in [-0.2, 0) is 4.74 Å². The van der Waals surface area contributed by atoms with Crippen molar-refractivity contribution >= 4 is 34.5 Å². The average molecular weight is 334 g/mol. The fourth-order valence-electron chi connectivity index (χ4n) is 2.73. The Morgan fingerprint density at radius 3 is 2.96 bits per heavy atom. The molecule has 0 bridgehead atoms. The SMILES string of the molecule is NC(=O)OCC1CCN(C(=O)c2ccc3cc(Cl)ccc3n2)C1. The molecule has 2 N–H and O–H groups in total. The molecule has 7 heteroatoms. The molecule has 0 aliphatic carbocycles. The fraction of sp³-hybridized carbons (Fsp3) is 0.312. The molecule has 1 saturated heterocycles. The number of carbonyl (C=O) groups is 2. The molecular formula is C16H16ClN3O3. The lowest BCUT2D eigenvalue weighted by atomic mass is 10.1. The van der Waals surface area contributed by atoms with Crippen LogP contribution < -0.4 is 5.73 Å². The van der Waals surface area contributed by atoms with Gasteiger partial charge in [0.05, 0.1) is 12.1 Å². The first kappa shape index (κ1) is 15.6. The van der Waals surface area contributed by atoms with Crippen molar-refractivity contribution < 1.29 is 14.3 Å². The summed E-state index contributed by atoms with van der Waals surface area (Å²) in [5.41, 5.74) is 6.09. The molecule has 2 heterocycles. The number of nitrogens with zero attached hydrogens (tertiary/aromatic N) is 2. The normalized spacial score (nSPS) is 17.4. The van der Waals surface area contributed by atoms with Gasteiger partial charge >= 0.3 is 6.09 Å². The predicted molar refractivity (Wildman–Crippen MR) is 86.3 cm³/mol. The van der Waals surface area contributed by atoms with E-state index in [0.29, 0.717) is 23.8 Å². The van der Waals surface area contributed by atoms with E-state index in [9.17, 15) is 9.59 Å². The van der Waals surface area contributed by atoms with E-state index in [0.717, 1.165) is 17.3 Å². The molecule has 0 radical (unpaired) electrons. The van der Waals surface area contributed by atoms with Crippen molar-refractivity contribution in [3.05, 3.63) is 41.0 Å². The number of pyridine rings is 1. The zero-order valence-electron chi connectivity index (χ0n) is 12.4. The second kappa shape index (κ2) is 6.42. The molecule has 0 spiro atoms. The van der Waals surface area contributed by atoms with Gasteiger partial charge in [-0.05, 0) is 30.7 Å². The minimum Gasteiger partial charge on any atom is -0.449 e. The number of amides is 2. The summed E-state index contributed by atoms with van der Waals surface area (Å²) < 4.78 is 4.80. The van der Waals surface area contributed by atoms with E-state index in [1.54, 1.807) is 23.1 Å². The highest BCUT2D eigenvalue weighted by molar-refractivity contribution is 6.31. The van der Waals surface area contributed by atoms with Crippen molar-refractivity contribution in [2.75, 3.05) is 19.7 Å². The number of hydrogen-bond donors (Lipinski definition) is 1. The van der Waals surface area contributed by atoms with Crippen molar-refractivity contribution in [2.45, 2.75) is 6.42 Å². The van der Waals surface area contributed by atoms with Crippen LogP contribution in [0.25, 0.3) is 10.9 Å². The number of rotatable bonds is 3. The van der Waals surface area contributed by atoms with Crippen molar-refractivity contribution in [1.82, 2.24) is 9.88 Å². The lowest BCUT2D eigenvalue weighted by molar-refractivity contribution is 0.0773. The van der Waals surface area contributed by atoms with Gasteiger partial charge in [0.15, 0.2) is 0 Å². The van der Waals surface area contributed by atoms with Gasteiger partial charge in [-0.15, -0.1) is 0 Å². The molecule has 1 aliphatic rings. The maximum atomic E-state index is 12.5. The van der Waals surface area contributed by atoms with E-state index in [1.165, 1.54) is 0 Å². The number of nitrogens with two attached hydrogens (primary N) is 1. The topological polar surface area (TPSA) is 85.5 Å². The summed E-state index contributed by atoms with van der Waals surface area (Å²) in [4.78, 5) is 29.3. The summed E-state index contributed by atoms with van der Waals surface area (Å²) >= 11 is 5.94. The van der Waals surface area contributed by atoms with Crippen LogP contribution in [0.3, 0.4) is 0 Å². The Morgan fingerprint density at radius 2 is 2.17 bits per heavy atom. The number of ether oxygens (including phenoxy) is 1. The first-order valence-corrected chi connectivity index (χ1v) is 7.68. The Morgan fingerprint density at radius 1 is 1.35 bits per heavy atom. The third-order valence-electron chi connectivity index (χ3n) is 3.90. The number of carbonyl (C=O) groups excluding carboxylic acids is 2. The van der Waals surface area contributed by atoms with Gasteiger partial charge in [-0.2, -0.15) is 0 Å². The molecule has 6 nitrogen and oxygen atoms in total. The third-order valence-corrected chi connectivity index (χ3v) is 4.14. The molecule has 23 heavy (non-hydrogen) atoms. The maximum Gasteiger partial charge on any atom is 0.404 e. The molecule has 3 rings (SSSR count). The molecule has 1 aromatic carbocycles. The zero-order valence-corrected chi connectivity index (χ0v) is 13.1. The number of aromatic nitrogens is 1. The Hall–Kier alpha value is -2.34. The van der Waals surface area contributed by atoms with E-state index >= 15 is 0 Å². The van der Waals surface area contributed by atoms with Crippen molar-refractivity contribution in [1.29, 1.82) is 0 Å². The lowest BCUT2D eigenvalue weighted by Gasteiger charge is -2.16. The summed E-state index contributed by atoms with van der Waals surface area (Å²) in [6.45, 7) is 1.39. The molecule has 0 saturated carbocycles. The average Bonchev–Trinajstić information content (AvgIpc) is 3.00. The number of fused-ring (bicyclic) bond motifs is 1. The highest BCUT2D eigenvalue weighted by Gasteiger charge is 2.28. The number of primary amides is 1. The summed E-state index contributed by atoms with van der Waals surface area (Å²) in [7, 11) is 0. The molecule has 1 fully saturated rings. The van der Waals surface area contributed by atoms with Crippen LogP contribution >= 0.6 is 11.6 Å². The quantitative estimate of drug-likeness (QED) is 0.934. The number of benzene rings is 1. The van der Waals surface area contributed by atoms with Gasteiger partial charge in [0.2, 0.25) is 0 Å². The van der Waals surface area contributed by atoms with Gasteiger partial charge in [0.25, 0.3) is 5.91 Å². The van der Waals surface area contributed by atoms with Gasteiger partial charge in [0.1, 0.15) is 5.69 Å². The maximum absolute atomic E-state index is 12.5. The molecular weight excluding hydrogens is 318 g/mol. The molecule has 120 valence electrons. The second-order valence-corrected chi connectivity index (χ2v) is 6.01. The van der Waals surface area contributed by atoms with E-state index in [4.69, 9.17) is 22.1 Å². The summed E-state index contributed by atoms with van der Waals surface area (Å²) in [5, 5.41) is 1.53. The molecule has 2 amide bonds. The van der Waals surface area contributed by atoms with Crippen molar-refractivity contribution in [2.24, 2.45) is 11.7 Å². The Balaban J connectivity index is 1.71. The fourth-order valence-corrected chi connectivity index (χ4v) is 2.91. The van der Waals surface area contributed by atoms with Crippen molar-refractivity contribution in [3.8, 4) is 0 Å². The van der Waals surface area contributed by atoms with E-state index in [1.807, 2.05) is 12.1 Å². The van der Waals surface area contributed by atoms with Crippen molar-refractivity contribution in [3.63, 3.8) is 0 Å². The van der Waals surface area contributed by atoms with Gasteiger partial charge in [-0.25, -0.2) is 9.78 Å². The summed E-state index contributed by atoms with van der Waals surface area (Å²) in [5.74, 6) is -0.00543. The second-order valence-electron chi connectivity index (χ2n) is 5.57. The van der Waals surface area contributed by atoms with Crippen LogP contribution in [0.5, 0.6) is 0 Å². The lowest BCUT2D eigenvalue weighted by Crippen LogP contribution is -2.30. The minimum absolute atomic E-state index is 0.116. The predicted octanol–water partition coefficient (Wildman–Crippen LogP) is 2.45. The molecule has 1 unspecified atom stereocenters. The van der Waals surface area contributed by atoms with Crippen LogP contribution in [0.4, 0.5) is 4.79 Å². The monoisotopic (exact) mass is 333 g/mol. The van der Waals surface area contributed by atoms with Gasteiger partial charge in [0, 0.05) is 29.4 Å². The first-order valence-electron chi connectivity index (χ1n) is 7.31. The smallest absolute Gasteiger partial charge is 0.404 e. The third kappa shape index (κ3) is 3.53. The Bertz CT molecular complexity index is 765. The number of likely N-dealkylation sites (tertiary alicyclic amines) is 1. The first-order chi connectivity index (χ1) is 11.0. The molecule has 1 atom stereocenters. The van der Waals surface area contributed by atoms with Crippen LogP contribution in [0.2, 0.25) is 5.02 Å². The summed E-state index contributed by atoms with van der Waals surface area (Å²) in [6, 6.07) is 8.89. The van der Waals surface area contributed by atoms with Crippen LogP contribution in [0.1, 0.15) is 16.9 Å². The molecule has 2 aromatic rings. The molecule has 1 aliphatic heterocycles. The zero-order chi connectivity index (χ0) is 16.4. The highest BCUT2D eigenvalue weighted by Crippen LogP contribution is 2.21. The van der Waals surface area contributed by atoms with Gasteiger partial charge < -0.3 is 15.4 Å². The van der Waals surface area contributed by atoms with E-state index < -0.39 is 6.09 Å². The Labute approximate surface area is 138 Å². The van der Waals surface area contributed by atoms with E-state index in [2.05, 4.69) is 4.98 Å².